The number of carbonyl (C=O) groups is 2. The van der Waals surface area contributed by atoms with E-state index in [1.54, 1.807) is 4.57 Å². The molecule has 3 fully saturated rings. The number of amides is 2. The molecule has 3 saturated heterocycles. The number of furan rings is 1. The van der Waals surface area contributed by atoms with Crippen LogP contribution >= 0.6 is 0 Å². The molecule has 0 spiro atoms. The summed E-state index contributed by atoms with van der Waals surface area (Å²) in [5.41, 5.74) is 1.76. The Morgan fingerprint density at radius 3 is 2.65 bits per heavy atom. The van der Waals surface area contributed by atoms with Crippen LogP contribution in [0.5, 0.6) is 11.5 Å². The number of benzene rings is 3. The number of nitrogens with zero attached hydrogens (tertiary/aromatic N) is 4. The van der Waals surface area contributed by atoms with Gasteiger partial charge in [-0.1, -0.05) is 18.2 Å². The first kappa shape index (κ1) is 35.7. The fourth-order valence-electron chi connectivity index (χ4n) is 8.70. The number of morpholine rings is 1. The summed E-state index contributed by atoms with van der Waals surface area (Å²) in [6, 6.07) is 13.0. The fraction of sp³-hybridized carbons (Fsp3) is 0.439. The van der Waals surface area contributed by atoms with Gasteiger partial charge in [0.1, 0.15) is 27.9 Å². The molecule has 13 nitrogen and oxygen atoms in total. The average molecular weight is 752 g/mol. The number of fused-ring (bicyclic) bond motifs is 5. The van der Waals surface area contributed by atoms with Crippen LogP contribution in [0.2, 0.25) is 0 Å². The number of anilines is 1. The van der Waals surface area contributed by atoms with E-state index < -0.39 is 17.2 Å². The molecule has 0 radical (unpaired) electrons. The molecule has 1 unspecified atom stereocenters. The molecule has 2 aromatic heterocycles. The van der Waals surface area contributed by atoms with E-state index in [2.05, 4.69) is 32.8 Å². The molecule has 6 heterocycles. The van der Waals surface area contributed by atoms with Crippen molar-refractivity contribution in [2.24, 2.45) is 0 Å². The third kappa shape index (κ3) is 6.81. The van der Waals surface area contributed by atoms with Crippen LogP contribution in [-0.4, -0.2) is 117 Å². The van der Waals surface area contributed by atoms with Crippen molar-refractivity contribution in [3.8, 4) is 17.2 Å². The van der Waals surface area contributed by atoms with E-state index >= 15 is 4.39 Å². The van der Waals surface area contributed by atoms with Gasteiger partial charge < -0.3 is 44.2 Å². The summed E-state index contributed by atoms with van der Waals surface area (Å²) in [5, 5.41) is 11.1. The zero-order valence-corrected chi connectivity index (χ0v) is 31.0. The molecule has 14 heteroatoms. The van der Waals surface area contributed by atoms with Crippen LogP contribution in [0.25, 0.3) is 38.5 Å². The maximum atomic E-state index is 16.5. The average Bonchev–Trinajstić information content (AvgIpc) is 3.92. The molecule has 2 atom stereocenters. The lowest BCUT2D eigenvalue weighted by atomic mass is 10.0. The van der Waals surface area contributed by atoms with Crippen molar-refractivity contribution >= 4 is 50.3 Å². The van der Waals surface area contributed by atoms with Crippen molar-refractivity contribution in [2.45, 2.75) is 37.8 Å². The Bertz CT molecular complexity index is 2350. The summed E-state index contributed by atoms with van der Waals surface area (Å²) in [4.78, 5) is 47.1. The Hall–Kier alpha value is -5.02. The topological polar surface area (TPSA) is 134 Å². The van der Waals surface area contributed by atoms with Gasteiger partial charge in [0, 0.05) is 74.4 Å². The predicted molar refractivity (Wildman–Crippen MR) is 208 cm³/mol. The zero-order chi connectivity index (χ0) is 37.6. The summed E-state index contributed by atoms with van der Waals surface area (Å²) < 4.78 is 36.5. The quantitative estimate of drug-likeness (QED) is 0.167. The second-order valence-corrected chi connectivity index (χ2v) is 15.1. The van der Waals surface area contributed by atoms with Gasteiger partial charge in [-0.15, -0.1) is 0 Å². The van der Waals surface area contributed by atoms with E-state index in [9.17, 15) is 14.4 Å². The first-order valence-electron chi connectivity index (χ1n) is 19.4. The Kier molecular flexibility index (Phi) is 9.67. The monoisotopic (exact) mass is 751 g/mol. The molecular weight excluding hydrogens is 705 g/mol. The highest BCUT2D eigenvalue weighted by Gasteiger charge is 2.34. The summed E-state index contributed by atoms with van der Waals surface area (Å²) in [5.74, 6) is -0.651. The van der Waals surface area contributed by atoms with Crippen molar-refractivity contribution in [3.05, 3.63) is 70.3 Å². The van der Waals surface area contributed by atoms with Crippen LogP contribution in [0, 0.1) is 5.82 Å². The third-order valence-corrected chi connectivity index (χ3v) is 11.6. The maximum absolute atomic E-state index is 16.5. The van der Waals surface area contributed by atoms with Crippen LogP contribution in [0.1, 0.15) is 36.0 Å². The Morgan fingerprint density at radius 1 is 0.964 bits per heavy atom. The zero-order valence-electron chi connectivity index (χ0n) is 31.0. The van der Waals surface area contributed by atoms with Gasteiger partial charge in [-0.05, 0) is 64.0 Å². The predicted octanol–water partition coefficient (Wildman–Crippen LogP) is 3.97. The molecule has 3 N–H and O–H groups in total. The van der Waals surface area contributed by atoms with Gasteiger partial charge in [-0.25, -0.2) is 4.39 Å². The van der Waals surface area contributed by atoms with Crippen LogP contribution in [0.3, 0.4) is 0 Å². The van der Waals surface area contributed by atoms with Gasteiger partial charge in [0.05, 0.1) is 30.8 Å². The maximum Gasteiger partial charge on any atom is 0.256 e. The molecule has 4 aliphatic heterocycles. The first-order chi connectivity index (χ1) is 26.8. The van der Waals surface area contributed by atoms with Gasteiger partial charge in [-0.2, -0.15) is 0 Å². The summed E-state index contributed by atoms with van der Waals surface area (Å²) >= 11 is 0. The fourth-order valence-corrected chi connectivity index (χ4v) is 8.70. The Balaban J connectivity index is 1.02. The van der Waals surface area contributed by atoms with Crippen molar-refractivity contribution in [1.82, 2.24) is 30.3 Å². The van der Waals surface area contributed by atoms with E-state index in [0.29, 0.717) is 80.0 Å². The van der Waals surface area contributed by atoms with Gasteiger partial charge >= 0.3 is 0 Å². The molecule has 4 aliphatic rings. The number of ether oxygens (including phenoxy) is 2. The molecule has 0 saturated carbocycles. The normalized spacial score (nSPS) is 20.0. The van der Waals surface area contributed by atoms with E-state index in [1.165, 1.54) is 25.1 Å². The highest BCUT2D eigenvalue weighted by Crippen LogP contribution is 2.49. The highest BCUT2D eigenvalue weighted by atomic mass is 19.1. The van der Waals surface area contributed by atoms with Crippen molar-refractivity contribution < 1.29 is 27.9 Å². The number of hydrogen-bond acceptors (Lipinski definition) is 10. The molecule has 288 valence electrons. The van der Waals surface area contributed by atoms with Gasteiger partial charge in [0.2, 0.25) is 11.3 Å². The minimum Gasteiger partial charge on any atom is -0.456 e. The number of pyridine rings is 1. The number of para-hydroxylation sites is 1. The minimum atomic E-state index is -0.639. The molecule has 0 bridgehead atoms. The molecule has 2 amide bonds. The molecule has 9 rings (SSSR count). The summed E-state index contributed by atoms with van der Waals surface area (Å²) in [6.45, 7) is 6.73. The Morgan fingerprint density at radius 2 is 1.82 bits per heavy atom. The summed E-state index contributed by atoms with van der Waals surface area (Å²) in [6.07, 6.45) is 5.56. The van der Waals surface area contributed by atoms with Gasteiger partial charge in [-0.3, -0.25) is 19.3 Å². The van der Waals surface area contributed by atoms with E-state index in [1.807, 2.05) is 41.3 Å². The number of hydrogen-bond donors (Lipinski definition) is 3. The molecule has 55 heavy (non-hydrogen) atoms. The van der Waals surface area contributed by atoms with Crippen molar-refractivity contribution in [3.63, 3.8) is 0 Å². The number of aromatic nitrogens is 1. The number of rotatable bonds is 11. The molecule has 0 aliphatic carbocycles. The number of carbonyl (C=O) groups excluding carboxylic acids is 2. The second-order valence-electron chi connectivity index (χ2n) is 15.1. The van der Waals surface area contributed by atoms with Crippen LogP contribution in [0.15, 0.2) is 57.9 Å². The van der Waals surface area contributed by atoms with Gasteiger partial charge in [0.25, 0.3) is 5.91 Å². The molecular formula is C41H46FN7O6. The first-order valence-corrected chi connectivity index (χ1v) is 19.4. The summed E-state index contributed by atoms with van der Waals surface area (Å²) in [7, 11) is 2.15. The number of nitrogens with one attached hydrogen (secondary N) is 3. The Labute approximate surface area is 317 Å². The van der Waals surface area contributed by atoms with Gasteiger partial charge in [0.15, 0.2) is 17.3 Å². The highest BCUT2D eigenvalue weighted by molar-refractivity contribution is 6.07. The SMILES string of the molecule is CN1CCCC1CCNCC(=O)N[C@@H]1CCN(c2c(F)cc3c(=O)c(C(=O)NCCN4CCOCC4)cn4c3c2Oc2cc3c(cc2-4)oc2ccccc23)C1. The van der Waals surface area contributed by atoms with E-state index in [4.69, 9.17) is 13.9 Å². The van der Waals surface area contributed by atoms with E-state index in [0.717, 1.165) is 43.4 Å². The lowest BCUT2D eigenvalue weighted by Gasteiger charge is -2.29. The van der Waals surface area contributed by atoms with Crippen LogP contribution in [-0.2, 0) is 9.53 Å². The lowest BCUT2D eigenvalue weighted by Crippen LogP contribution is -2.42. The van der Waals surface area contributed by atoms with Crippen molar-refractivity contribution in [1.29, 1.82) is 0 Å². The minimum absolute atomic E-state index is 0.0337. The van der Waals surface area contributed by atoms with Crippen molar-refractivity contribution in [2.75, 3.05) is 84.1 Å². The lowest BCUT2D eigenvalue weighted by molar-refractivity contribution is -0.120. The number of halogens is 1. The van der Waals surface area contributed by atoms with Crippen LogP contribution in [0.4, 0.5) is 10.1 Å². The van der Waals surface area contributed by atoms with E-state index in [-0.39, 0.29) is 40.9 Å². The molecule has 3 aromatic carbocycles. The largest absolute Gasteiger partial charge is 0.456 e. The number of likely N-dealkylation sites (tertiary alicyclic amines) is 1. The standard InChI is InChI=1S/C41H46FN7O6/c1-46-12-4-5-26(46)8-10-43-22-36(50)45-25-9-13-48(23-25)38-31(42)19-29-37-40(38)55-35-20-28-27-6-2-3-7-33(27)54-34(28)21-32(35)49(37)24-30(39(29)51)41(52)44-11-14-47-15-17-53-18-16-47/h2-3,6-7,19-21,24-26,43H,4-5,8-18,22-23H2,1H3,(H,44,52)(H,45,50)/t25-,26?/m1/s1. The smallest absolute Gasteiger partial charge is 0.256 e. The van der Waals surface area contributed by atoms with Crippen LogP contribution < -0.4 is 31.0 Å². The molecule has 5 aromatic rings. The second kappa shape index (κ2) is 14.9. The third-order valence-electron chi connectivity index (χ3n) is 11.6.